The molecule has 0 spiro atoms. The zero-order valence-electron chi connectivity index (χ0n) is 21.3. The molecule has 228 valence electrons. The number of aliphatic hydroxyl groups is 8. The van der Waals surface area contributed by atoms with Crippen molar-refractivity contribution < 1.29 is 83.5 Å². The highest BCUT2D eigenvalue weighted by atomic mass is 16.8. The van der Waals surface area contributed by atoms with Crippen LogP contribution in [0.15, 0.2) is 0 Å². The monoisotopic (exact) mass is 574 g/mol. The second-order valence-electron chi connectivity index (χ2n) is 9.77. The molecular formula is C22H38O17. The summed E-state index contributed by atoms with van der Waals surface area (Å²) in [6.07, 6.45) is -21.6. The van der Waals surface area contributed by atoms with Crippen LogP contribution in [0.3, 0.4) is 0 Å². The molecule has 0 unspecified atom stereocenters. The first-order chi connectivity index (χ1) is 18.6. The van der Waals surface area contributed by atoms with Crippen molar-refractivity contribution in [3.05, 3.63) is 0 Å². The SMILES string of the molecule is CO[C@@H]1OC[C@@H](O[C@@H]2OC[C@@H](O[C@@H]3OC[C@@H](O[C@@H]4OC[C@@H](OC)[C@H](O)[C@H]4O)[C@H](O)[C@H]3O)[C@H](O)[C@H]2O)[C@H](O)[C@H]1O. The highest BCUT2D eigenvalue weighted by molar-refractivity contribution is 4.91. The highest BCUT2D eigenvalue weighted by Gasteiger charge is 2.49. The zero-order valence-corrected chi connectivity index (χ0v) is 21.3. The first-order valence-electron chi connectivity index (χ1n) is 12.5. The molecule has 39 heavy (non-hydrogen) atoms. The van der Waals surface area contributed by atoms with Gasteiger partial charge < -0.3 is 83.5 Å². The summed E-state index contributed by atoms with van der Waals surface area (Å²) in [5.41, 5.74) is 0. The quantitative estimate of drug-likeness (QED) is 0.134. The molecule has 4 aliphatic rings. The molecule has 4 saturated heterocycles. The van der Waals surface area contributed by atoms with E-state index in [0.29, 0.717) is 0 Å². The topological polar surface area (TPSA) is 245 Å². The average molecular weight is 575 g/mol. The molecule has 0 aromatic rings. The second kappa shape index (κ2) is 13.5. The van der Waals surface area contributed by atoms with Gasteiger partial charge in [-0.2, -0.15) is 0 Å². The lowest BCUT2D eigenvalue weighted by molar-refractivity contribution is -0.357. The number of hydrogen-bond donors (Lipinski definition) is 8. The Morgan fingerprint density at radius 2 is 0.667 bits per heavy atom. The third-order valence-electron chi connectivity index (χ3n) is 7.20. The van der Waals surface area contributed by atoms with Crippen LogP contribution in [0.25, 0.3) is 0 Å². The van der Waals surface area contributed by atoms with Crippen LogP contribution in [0.2, 0.25) is 0 Å². The fourth-order valence-corrected chi connectivity index (χ4v) is 4.72. The van der Waals surface area contributed by atoms with Crippen LogP contribution in [0, 0.1) is 0 Å². The van der Waals surface area contributed by atoms with Crippen LogP contribution in [0.5, 0.6) is 0 Å². The fraction of sp³-hybridized carbons (Fsp3) is 1.00. The lowest BCUT2D eigenvalue weighted by Gasteiger charge is -2.44. The van der Waals surface area contributed by atoms with Crippen molar-refractivity contribution in [2.75, 3.05) is 40.6 Å². The van der Waals surface area contributed by atoms with Gasteiger partial charge in [-0.05, 0) is 0 Å². The molecule has 4 rings (SSSR count). The Bertz CT molecular complexity index is 702. The number of methoxy groups -OCH3 is 2. The maximum Gasteiger partial charge on any atom is 0.186 e. The van der Waals surface area contributed by atoms with Crippen LogP contribution < -0.4 is 0 Å². The van der Waals surface area contributed by atoms with E-state index in [1.165, 1.54) is 14.2 Å². The van der Waals surface area contributed by atoms with Gasteiger partial charge in [0.1, 0.15) is 73.2 Å². The van der Waals surface area contributed by atoms with Crippen molar-refractivity contribution in [3.63, 3.8) is 0 Å². The molecule has 0 bridgehead atoms. The van der Waals surface area contributed by atoms with Crippen molar-refractivity contribution in [3.8, 4) is 0 Å². The maximum atomic E-state index is 10.6. The Morgan fingerprint density at radius 1 is 0.385 bits per heavy atom. The Hall–Kier alpha value is -0.680. The minimum Gasteiger partial charge on any atom is -0.387 e. The Labute approximate surface area is 223 Å². The molecule has 0 radical (unpaired) electrons. The van der Waals surface area contributed by atoms with E-state index in [1.807, 2.05) is 0 Å². The smallest absolute Gasteiger partial charge is 0.186 e. The molecule has 16 atom stereocenters. The van der Waals surface area contributed by atoms with E-state index in [-0.39, 0.29) is 26.4 Å². The van der Waals surface area contributed by atoms with Gasteiger partial charge in [-0.15, -0.1) is 0 Å². The van der Waals surface area contributed by atoms with E-state index in [9.17, 15) is 40.9 Å². The number of ether oxygens (including phenoxy) is 9. The zero-order chi connectivity index (χ0) is 28.4. The summed E-state index contributed by atoms with van der Waals surface area (Å²) < 4.78 is 48.0. The largest absolute Gasteiger partial charge is 0.387 e. The number of hydrogen-bond acceptors (Lipinski definition) is 17. The summed E-state index contributed by atoms with van der Waals surface area (Å²) >= 11 is 0. The maximum absolute atomic E-state index is 10.6. The first kappa shape index (κ1) is 31.3. The van der Waals surface area contributed by atoms with Crippen LogP contribution in [0.4, 0.5) is 0 Å². The molecule has 0 aromatic carbocycles. The number of rotatable bonds is 8. The Balaban J connectivity index is 1.26. The van der Waals surface area contributed by atoms with E-state index in [0.717, 1.165) is 0 Å². The van der Waals surface area contributed by atoms with Gasteiger partial charge in [0.25, 0.3) is 0 Å². The predicted molar refractivity (Wildman–Crippen MR) is 119 cm³/mol. The molecule has 4 heterocycles. The van der Waals surface area contributed by atoms with E-state index >= 15 is 0 Å². The molecule has 4 aliphatic heterocycles. The van der Waals surface area contributed by atoms with E-state index in [4.69, 9.17) is 42.6 Å². The van der Waals surface area contributed by atoms with Crippen molar-refractivity contribution in [2.45, 2.75) is 98.4 Å². The average Bonchev–Trinajstić information content (AvgIpc) is 2.93. The molecule has 4 fully saturated rings. The van der Waals surface area contributed by atoms with Gasteiger partial charge >= 0.3 is 0 Å². The van der Waals surface area contributed by atoms with Gasteiger partial charge in [-0.3, -0.25) is 0 Å². The van der Waals surface area contributed by atoms with Gasteiger partial charge in [-0.25, -0.2) is 0 Å². The molecule has 0 saturated carbocycles. The summed E-state index contributed by atoms with van der Waals surface area (Å²) in [7, 11) is 2.64. The van der Waals surface area contributed by atoms with Crippen molar-refractivity contribution in [1.82, 2.24) is 0 Å². The normalized spacial score (nSPS) is 51.5. The second-order valence-corrected chi connectivity index (χ2v) is 9.77. The summed E-state index contributed by atoms with van der Waals surface area (Å²) in [6.45, 7) is -0.914. The lowest BCUT2D eigenvalue weighted by Crippen LogP contribution is -2.62. The van der Waals surface area contributed by atoms with Gasteiger partial charge in [0.05, 0.1) is 26.4 Å². The highest BCUT2D eigenvalue weighted by Crippen LogP contribution is 2.29. The predicted octanol–water partition coefficient (Wildman–Crippen LogP) is -5.88. The van der Waals surface area contributed by atoms with Crippen molar-refractivity contribution in [1.29, 1.82) is 0 Å². The van der Waals surface area contributed by atoms with Crippen LogP contribution in [-0.4, -0.2) is 180 Å². The third kappa shape index (κ3) is 6.71. The molecular weight excluding hydrogens is 536 g/mol. The van der Waals surface area contributed by atoms with Crippen LogP contribution in [-0.2, 0) is 42.6 Å². The summed E-state index contributed by atoms with van der Waals surface area (Å²) in [6, 6.07) is 0. The van der Waals surface area contributed by atoms with Crippen molar-refractivity contribution in [2.24, 2.45) is 0 Å². The van der Waals surface area contributed by atoms with Crippen molar-refractivity contribution >= 4 is 0 Å². The van der Waals surface area contributed by atoms with E-state index in [1.54, 1.807) is 0 Å². The summed E-state index contributed by atoms with van der Waals surface area (Å²) in [4.78, 5) is 0. The Morgan fingerprint density at radius 3 is 1.00 bits per heavy atom. The molecule has 0 aliphatic carbocycles. The summed E-state index contributed by atoms with van der Waals surface area (Å²) in [5.74, 6) is 0. The lowest BCUT2D eigenvalue weighted by atomic mass is 10.0. The fourth-order valence-electron chi connectivity index (χ4n) is 4.72. The van der Waals surface area contributed by atoms with Gasteiger partial charge in [0.15, 0.2) is 25.2 Å². The van der Waals surface area contributed by atoms with Gasteiger partial charge in [0, 0.05) is 14.2 Å². The van der Waals surface area contributed by atoms with Crippen LogP contribution >= 0.6 is 0 Å². The van der Waals surface area contributed by atoms with Gasteiger partial charge in [0.2, 0.25) is 0 Å². The van der Waals surface area contributed by atoms with Gasteiger partial charge in [-0.1, -0.05) is 0 Å². The molecule has 17 nitrogen and oxygen atoms in total. The minimum atomic E-state index is -1.68. The standard InChI is InChI=1S/C22H38O17/c1-31-7-3-34-20(16(28)11(7)23)38-9-5-36-22(18(30)13(9)25)39-10-6-35-21(17(29)14(10)26)37-8-4-33-19(32-2)15(27)12(8)24/h7-30H,3-6H2,1-2H3/t7-,8-,9-,10-,11+,12+,13+,14+,15-,16-,17-,18-,19-,20+,21+,22+/m1/s1. The van der Waals surface area contributed by atoms with E-state index in [2.05, 4.69) is 0 Å². The first-order valence-corrected chi connectivity index (χ1v) is 12.5. The Kier molecular flexibility index (Phi) is 10.8. The van der Waals surface area contributed by atoms with E-state index < -0.39 is 98.4 Å². The molecule has 0 amide bonds. The molecule has 17 heteroatoms. The minimum absolute atomic E-state index is 0.0784. The third-order valence-corrected chi connectivity index (χ3v) is 7.20. The molecule has 0 aromatic heterocycles. The van der Waals surface area contributed by atoms with Crippen LogP contribution in [0.1, 0.15) is 0 Å². The summed E-state index contributed by atoms with van der Waals surface area (Å²) in [5, 5.41) is 82.8. The number of aliphatic hydroxyl groups excluding tert-OH is 8. The molecule has 8 N–H and O–H groups in total.